The molecule has 106 valence electrons. The number of aromatic amines is 1. The molecule has 2 heterocycles. The number of pyridine rings is 1. The third-order valence-electron chi connectivity index (χ3n) is 3.35. The van der Waals surface area contributed by atoms with Crippen molar-refractivity contribution in [2.24, 2.45) is 0 Å². The van der Waals surface area contributed by atoms with Crippen molar-refractivity contribution in [2.45, 2.75) is 13.3 Å². The maximum atomic E-state index is 12.6. The Morgan fingerprint density at radius 3 is 2.62 bits per heavy atom. The Morgan fingerprint density at radius 2 is 1.90 bits per heavy atom. The van der Waals surface area contributed by atoms with E-state index in [1.54, 1.807) is 18.2 Å². The first kappa shape index (κ1) is 13.6. The maximum Gasteiger partial charge on any atom is 0.276 e. The van der Waals surface area contributed by atoms with E-state index >= 15 is 0 Å². The van der Waals surface area contributed by atoms with E-state index in [-0.39, 0.29) is 5.56 Å². The summed E-state index contributed by atoms with van der Waals surface area (Å²) in [6.45, 7) is 1.89. The second-order valence-electron chi connectivity index (χ2n) is 4.84. The molecule has 0 unspecified atom stereocenters. The van der Waals surface area contributed by atoms with Crippen molar-refractivity contribution >= 4 is 11.6 Å². The minimum atomic E-state index is -0.0916. The second-order valence-corrected chi connectivity index (χ2v) is 5.22. The van der Waals surface area contributed by atoms with Gasteiger partial charge >= 0.3 is 0 Å². The van der Waals surface area contributed by atoms with E-state index in [0.717, 1.165) is 16.8 Å². The zero-order valence-electron chi connectivity index (χ0n) is 11.5. The largest absolute Gasteiger partial charge is 0.294 e. The molecule has 0 aliphatic rings. The van der Waals surface area contributed by atoms with E-state index in [1.807, 2.05) is 37.3 Å². The van der Waals surface area contributed by atoms with E-state index in [1.165, 1.54) is 4.68 Å². The van der Waals surface area contributed by atoms with Crippen molar-refractivity contribution in [2.75, 3.05) is 0 Å². The topological polar surface area (TPSA) is 50.7 Å². The van der Waals surface area contributed by atoms with Crippen LogP contribution in [0.2, 0.25) is 5.15 Å². The summed E-state index contributed by atoms with van der Waals surface area (Å²) in [5.74, 6) is 0.495. The highest BCUT2D eigenvalue weighted by Gasteiger charge is 2.13. The highest BCUT2D eigenvalue weighted by molar-refractivity contribution is 6.29. The molecule has 0 amide bonds. The highest BCUT2D eigenvalue weighted by atomic mass is 35.5. The molecule has 0 aliphatic heterocycles. The fourth-order valence-corrected chi connectivity index (χ4v) is 2.43. The van der Waals surface area contributed by atoms with E-state index in [0.29, 0.717) is 17.4 Å². The minimum absolute atomic E-state index is 0.0916. The van der Waals surface area contributed by atoms with Crippen LogP contribution in [0.5, 0.6) is 0 Å². The summed E-state index contributed by atoms with van der Waals surface area (Å²) in [4.78, 5) is 16.7. The van der Waals surface area contributed by atoms with Crippen LogP contribution in [0, 0.1) is 6.92 Å². The quantitative estimate of drug-likeness (QED) is 0.756. The molecule has 4 nitrogen and oxygen atoms in total. The summed E-state index contributed by atoms with van der Waals surface area (Å²) < 4.78 is 1.43. The summed E-state index contributed by atoms with van der Waals surface area (Å²) in [5, 5.41) is 3.42. The van der Waals surface area contributed by atoms with Gasteiger partial charge in [0, 0.05) is 17.7 Å². The Labute approximate surface area is 127 Å². The summed E-state index contributed by atoms with van der Waals surface area (Å²) in [6.07, 6.45) is 0.593. The Hall–Kier alpha value is -2.33. The molecule has 1 N–H and O–H groups in total. The number of nitrogens with zero attached hydrogens (tertiary/aromatic N) is 2. The molecule has 0 radical (unpaired) electrons. The zero-order valence-corrected chi connectivity index (χ0v) is 12.3. The van der Waals surface area contributed by atoms with Gasteiger partial charge in [0.1, 0.15) is 5.15 Å². The lowest BCUT2D eigenvalue weighted by molar-refractivity contribution is 0.806. The smallest absolute Gasteiger partial charge is 0.276 e. The maximum absolute atomic E-state index is 12.6. The Bertz CT molecular complexity index is 821. The van der Waals surface area contributed by atoms with Gasteiger partial charge in [-0.2, -0.15) is 0 Å². The van der Waals surface area contributed by atoms with Gasteiger partial charge in [0.05, 0.1) is 0 Å². The van der Waals surface area contributed by atoms with Crippen LogP contribution in [0.3, 0.4) is 0 Å². The highest BCUT2D eigenvalue weighted by Crippen LogP contribution is 2.12. The number of aryl methyl sites for hydroxylation is 1. The van der Waals surface area contributed by atoms with Crippen LogP contribution in [0.15, 0.2) is 53.3 Å². The van der Waals surface area contributed by atoms with Gasteiger partial charge in [0.15, 0.2) is 5.82 Å². The molecule has 0 saturated carbocycles. The molecule has 1 aromatic carbocycles. The van der Waals surface area contributed by atoms with Crippen molar-refractivity contribution in [3.05, 3.63) is 80.9 Å². The van der Waals surface area contributed by atoms with Crippen LogP contribution in [-0.4, -0.2) is 14.8 Å². The fourth-order valence-electron chi connectivity index (χ4n) is 2.27. The zero-order chi connectivity index (χ0) is 14.8. The van der Waals surface area contributed by atoms with Gasteiger partial charge in [-0.05, 0) is 24.6 Å². The SMILES string of the molecule is Cc1[nH]n(-c2cccc(Cl)n2)c(=O)c1Cc1ccccc1. The molecule has 0 bridgehead atoms. The first-order valence-corrected chi connectivity index (χ1v) is 7.00. The number of nitrogens with one attached hydrogen (secondary N) is 1. The molecule has 0 fully saturated rings. The third kappa shape index (κ3) is 2.76. The summed E-state index contributed by atoms with van der Waals surface area (Å²) in [5.41, 5.74) is 2.59. The average molecular weight is 300 g/mol. The lowest BCUT2D eigenvalue weighted by Crippen LogP contribution is -2.18. The molecule has 3 rings (SSSR count). The van der Waals surface area contributed by atoms with Crippen molar-refractivity contribution in [1.29, 1.82) is 0 Å². The van der Waals surface area contributed by atoms with Gasteiger partial charge in [-0.1, -0.05) is 48.0 Å². The van der Waals surface area contributed by atoms with Crippen LogP contribution in [0.4, 0.5) is 0 Å². The molecular weight excluding hydrogens is 286 g/mol. The number of hydrogen-bond acceptors (Lipinski definition) is 2. The number of benzene rings is 1. The van der Waals surface area contributed by atoms with E-state index in [2.05, 4.69) is 10.1 Å². The van der Waals surface area contributed by atoms with Crippen molar-refractivity contribution < 1.29 is 0 Å². The van der Waals surface area contributed by atoms with Crippen LogP contribution in [0.1, 0.15) is 16.8 Å². The fraction of sp³-hybridized carbons (Fsp3) is 0.125. The van der Waals surface area contributed by atoms with E-state index < -0.39 is 0 Å². The lowest BCUT2D eigenvalue weighted by atomic mass is 10.1. The van der Waals surface area contributed by atoms with Gasteiger partial charge < -0.3 is 0 Å². The molecule has 0 spiro atoms. The van der Waals surface area contributed by atoms with E-state index in [9.17, 15) is 4.79 Å². The van der Waals surface area contributed by atoms with Crippen molar-refractivity contribution in [1.82, 2.24) is 14.8 Å². The first-order valence-electron chi connectivity index (χ1n) is 6.62. The molecule has 0 aliphatic carbocycles. The number of aromatic nitrogens is 3. The normalized spacial score (nSPS) is 10.8. The number of H-pyrrole nitrogens is 1. The van der Waals surface area contributed by atoms with Gasteiger partial charge in [0.2, 0.25) is 0 Å². The first-order chi connectivity index (χ1) is 10.1. The van der Waals surface area contributed by atoms with Crippen molar-refractivity contribution in [3.63, 3.8) is 0 Å². The van der Waals surface area contributed by atoms with Crippen LogP contribution >= 0.6 is 11.6 Å². The molecule has 21 heavy (non-hydrogen) atoms. The van der Waals surface area contributed by atoms with Gasteiger partial charge in [-0.15, -0.1) is 0 Å². The lowest BCUT2D eigenvalue weighted by Gasteiger charge is -2.00. The average Bonchev–Trinajstić information content (AvgIpc) is 2.76. The van der Waals surface area contributed by atoms with Crippen LogP contribution in [0.25, 0.3) is 5.82 Å². The molecule has 5 heteroatoms. The Balaban J connectivity index is 2.03. The molecule has 0 saturated heterocycles. The predicted molar refractivity (Wildman–Crippen MR) is 83.2 cm³/mol. The number of rotatable bonds is 3. The monoisotopic (exact) mass is 299 g/mol. The Morgan fingerprint density at radius 1 is 1.14 bits per heavy atom. The number of hydrogen-bond donors (Lipinski definition) is 1. The second kappa shape index (κ2) is 5.58. The molecule has 3 aromatic rings. The van der Waals surface area contributed by atoms with Crippen LogP contribution < -0.4 is 5.56 Å². The van der Waals surface area contributed by atoms with Crippen molar-refractivity contribution in [3.8, 4) is 5.82 Å². The van der Waals surface area contributed by atoms with Gasteiger partial charge in [-0.3, -0.25) is 9.89 Å². The summed E-state index contributed by atoms with van der Waals surface area (Å²) in [7, 11) is 0. The number of halogens is 1. The molecular formula is C16H14ClN3O. The molecule has 0 atom stereocenters. The summed E-state index contributed by atoms with van der Waals surface area (Å²) >= 11 is 5.88. The summed E-state index contributed by atoms with van der Waals surface area (Å²) in [6, 6.07) is 15.1. The van der Waals surface area contributed by atoms with E-state index in [4.69, 9.17) is 11.6 Å². The standard InChI is InChI=1S/C16H14ClN3O/c1-11-13(10-12-6-3-2-4-7-12)16(21)20(19-11)15-9-5-8-14(17)18-15/h2-9,19H,10H2,1H3. The van der Waals surface area contributed by atoms with Crippen LogP contribution in [-0.2, 0) is 6.42 Å². The third-order valence-corrected chi connectivity index (χ3v) is 3.56. The van der Waals surface area contributed by atoms with Gasteiger partial charge in [-0.25, -0.2) is 9.67 Å². The molecule has 2 aromatic heterocycles. The minimum Gasteiger partial charge on any atom is -0.294 e. The predicted octanol–water partition coefficient (Wildman–Crippen LogP) is 3.11. The van der Waals surface area contributed by atoms with Gasteiger partial charge in [0.25, 0.3) is 5.56 Å². The Kier molecular flexibility index (Phi) is 3.62.